The quantitative estimate of drug-likeness (QED) is 0.161. The minimum atomic E-state index is -0.552. The highest BCUT2D eigenvalue weighted by molar-refractivity contribution is 5.86. The van der Waals surface area contributed by atoms with Crippen molar-refractivity contribution >= 4 is 23.5 Å². The molecule has 2 aliphatic rings. The molecule has 0 radical (unpaired) electrons. The Morgan fingerprint density at radius 1 is 0.904 bits per heavy atom. The van der Waals surface area contributed by atoms with Gasteiger partial charge in [0.15, 0.2) is 0 Å². The zero-order valence-electron chi connectivity index (χ0n) is 33.8. The number of methoxy groups -OCH3 is 2. The van der Waals surface area contributed by atoms with Crippen LogP contribution in [-0.4, -0.2) is 116 Å². The van der Waals surface area contributed by atoms with Crippen molar-refractivity contribution in [2.24, 2.45) is 29.6 Å². The number of likely N-dealkylation sites (tertiary alicyclic amines) is 1. The highest BCUT2D eigenvalue weighted by atomic mass is 16.5. The number of ether oxygens (including phenoxy) is 3. The van der Waals surface area contributed by atoms with Crippen molar-refractivity contribution in [2.75, 3.05) is 47.6 Å². The molecular formula is C42H69N3O7. The van der Waals surface area contributed by atoms with E-state index in [0.29, 0.717) is 32.7 Å². The van der Waals surface area contributed by atoms with E-state index in [0.717, 1.165) is 32.1 Å². The Kier molecular flexibility index (Phi) is 17.7. The summed E-state index contributed by atoms with van der Waals surface area (Å²) < 4.78 is 17.6. The molecule has 2 heterocycles. The van der Waals surface area contributed by atoms with E-state index in [-0.39, 0.29) is 78.1 Å². The second-order valence-corrected chi connectivity index (χ2v) is 15.8. The van der Waals surface area contributed by atoms with Gasteiger partial charge in [-0.2, -0.15) is 0 Å². The summed E-state index contributed by atoms with van der Waals surface area (Å²) in [6, 6.07) is 9.68. The largest absolute Gasteiger partial charge is 0.379 e. The molecule has 2 fully saturated rings. The second kappa shape index (κ2) is 21.2. The number of ketones is 1. The molecule has 10 heteroatoms. The first-order chi connectivity index (χ1) is 24.8. The molecule has 2 aliphatic heterocycles. The van der Waals surface area contributed by atoms with Gasteiger partial charge in [-0.1, -0.05) is 84.7 Å². The molecule has 2 saturated heterocycles. The Labute approximate surface area is 314 Å². The lowest BCUT2D eigenvalue weighted by Crippen LogP contribution is -2.54. The van der Waals surface area contributed by atoms with Crippen molar-refractivity contribution < 1.29 is 33.4 Å². The Hall–Kier alpha value is -2.82. The fourth-order valence-electron chi connectivity index (χ4n) is 8.39. The average Bonchev–Trinajstić information content (AvgIpc) is 3.63. The fourth-order valence-corrected chi connectivity index (χ4v) is 8.39. The van der Waals surface area contributed by atoms with E-state index in [1.54, 1.807) is 26.2 Å². The van der Waals surface area contributed by atoms with E-state index in [1.807, 2.05) is 55.7 Å². The summed E-state index contributed by atoms with van der Waals surface area (Å²) in [6.45, 7) is 16.3. The summed E-state index contributed by atoms with van der Waals surface area (Å²) in [5.74, 6) is -0.662. The van der Waals surface area contributed by atoms with Gasteiger partial charge in [-0.25, -0.2) is 0 Å². The van der Waals surface area contributed by atoms with Crippen molar-refractivity contribution in [3.63, 3.8) is 0 Å². The standard InChI is InChI=1S/C42H69N3O7/c1-11-29(5)40(43(8)42(49)34(28(3)4)25-38(47)44-21-22-52-27-30(44)6)37(50-9)26-39(48)45-20-16-19-35(45)41(51-10)31(7)36(46)24-32(12-2)23-33-17-14-13-15-18-33/h13-15,17-18,28-32,34-35,37,40-41H,11-12,16,19-27H2,1-10H3/t29-,30+,31-,32+,34-,35-,37+,40-,41+/m0/s1. The summed E-state index contributed by atoms with van der Waals surface area (Å²) >= 11 is 0. The first-order valence-corrected chi connectivity index (χ1v) is 19.8. The van der Waals surface area contributed by atoms with Crippen LogP contribution in [0.4, 0.5) is 0 Å². The summed E-state index contributed by atoms with van der Waals surface area (Å²) in [6.07, 6.45) is 3.89. The Morgan fingerprint density at radius 2 is 1.58 bits per heavy atom. The summed E-state index contributed by atoms with van der Waals surface area (Å²) in [5.41, 5.74) is 1.23. The van der Waals surface area contributed by atoms with Gasteiger partial charge in [0.2, 0.25) is 17.7 Å². The van der Waals surface area contributed by atoms with Gasteiger partial charge in [-0.3, -0.25) is 19.2 Å². The molecule has 0 saturated carbocycles. The number of amides is 3. The van der Waals surface area contributed by atoms with Crippen LogP contribution in [0.3, 0.4) is 0 Å². The topological polar surface area (TPSA) is 106 Å². The minimum Gasteiger partial charge on any atom is -0.379 e. The van der Waals surface area contributed by atoms with Gasteiger partial charge in [-0.15, -0.1) is 0 Å². The number of hydrogen-bond acceptors (Lipinski definition) is 7. The lowest BCUT2D eigenvalue weighted by Gasteiger charge is -2.41. The number of likely N-dealkylation sites (N-methyl/N-ethyl adjacent to an activating group) is 1. The summed E-state index contributed by atoms with van der Waals surface area (Å²) in [7, 11) is 5.04. The maximum Gasteiger partial charge on any atom is 0.226 e. The predicted molar refractivity (Wildman–Crippen MR) is 205 cm³/mol. The molecule has 0 bridgehead atoms. The van der Waals surface area contributed by atoms with Crippen LogP contribution in [0.15, 0.2) is 30.3 Å². The normalized spacial score (nSPS) is 22.0. The molecule has 0 N–H and O–H groups in total. The highest BCUT2D eigenvalue weighted by Gasteiger charge is 2.43. The first-order valence-electron chi connectivity index (χ1n) is 19.8. The monoisotopic (exact) mass is 728 g/mol. The molecule has 0 aromatic heterocycles. The fraction of sp³-hybridized carbons (Fsp3) is 0.762. The van der Waals surface area contributed by atoms with Gasteiger partial charge in [0.25, 0.3) is 0 Å². The highest BCUT2D eigenvalue weighted by Crippen LogP contribution is 2.32. The molecule has 0 spiro atoms. The van der Waals surface area contributed by atoms with Crippen molar-refractivity contribution in [3.05, 3.63) is 35.9 Å². The molecule has 3 rings (SSSR count). The lowest BCUT2D eigenvalue weighted by molar-refractivity contribution is -0.151. The third-order valence-electron chi connectivity index (χ3n) is 12.0. The van der Waals surface area contributed by atoms with Gasteiger partial charge >= 0.3 is 0 Å². The van der Waals surface area contributed by atoms with Crippen LogP contribution in [0.2, 0.25) is 0 Å². The molecule has 9 atom stereocenters. The third-order valence-corrected chi connectivity index (χ3v) is 12.0. The molecule has 0 unspecified atom stereocenters. The minimum absolute atomic E-state index is 0.0280. The van der Waals surface area contributed by atoms with Crippen LogP contribution >= 0.6 is 0 Å². The number of hydrogen-bond donors (Lipinski definition) is 0. The van der Waals surface area contributed by atoms with E-state index in [4.69, 9.17) is 14.2 Å². The number of Topliss-reactive ketones (excluding diaryl/α,β-unsaturated/α-hetero) is 1. The van der Waals surface area contributed by atoms with Crippen LogP contribution in [0.5, 0.6) is 0 Å². The summed E-state index contributed by atoms with van der Waals surface area (Å²) in [5, 5.41) is 0. The summed E-state index contributed by atoms with van der Waals surface area (Å²) in [4.78, 5) is 61.1. The molecule has 10 nitrogen and oxygen atoms in total. The Bertz CT molecular complexity index is 1280. The van der Waals surface area contributed by atoms with Crippen molar-refractivity contribution in [1.29, 1.82) is 0 Å². The number of benzene rings is 1. The smallest absolute Gasteiger partial charge is 0.226 e. The van der Waals surface area contributed by atoms with E-state index < -0.39 is 18.1 Å². The van der Waals surface area contributed by atoms with Crippen LogP contribution in [0, 0.1) is 29.6 Å². The lowest BCUT2D eigenvalue weighted by atomic mass is 9.84. The Morgan fingerprint density at radius 3 is 2.15 bits per heavy atom. The number of carbonyl (C=O) groups is 4. The van der Waals surface area contributed by atoms with E-state index in [2.05, 4.69) is 32.9 Å². The predicted octanol–water partition coefficient (Wildman–Crippen LogP) is 6.04. The molecule has 3 amide bonds. The molecule has 1 aromatic rings. The molecule has 1 aromatic carbocycles. The van der Waals surface area contributed by atoms with Crippen LogP contribution in [0.25, 0.3) is 0 Å². The molecule has 294 valence electrons. The van der Waals surface area contributed by atoms with Crippen LogP contribution in [-0.2, 0) is 39.8 Å². The maximum atomic E-state index is 14.3. The van der Waals surface area contributed by atoms with Gasteiger partial charge in [0, 0.05) is 59.0 Å². The molecular weight excluding hydrogens is 658 g/mol. The van der Waals surface area contributed by atoms with E-state index in [9.17, 15) is 19.2 Å². The number of carbonyl (C=O) groups excluding carboxylic acids is 4. The van der Waals surface area contributed by atoms with Gasteiger partial charge in [-0.05, 0) is 49.5 Å². The number of morpholine rings is 1. The average molecular weight is 728 g/mol. The van der Waals surface area contributed by atoms with Crippen molar-refractivity contribution in [3.8, 4) is 0 Å². The molecule has 52 heavy (non-hydrogen) atoms. The Balaban J connectivity index is 1.74. The van der Waals surface area contributed by atoms with Crippen molar-refractivity contribution in [2.45, 2.75) is 130 Å². The second-order valence-electron chi connectivity index (χ2n) is 15.8. The van der Waals surface area contributed by atoms with Gasteiger partial charge in [0.05, 0.1) is 50.0 Å². The molecule has 0 aliphatic carbocycles. The maximum absolute atomic E-state index is 14.3. The third kappa shape index (κ3) is 11.3. The van der Waals surface area contributed by atoms with E-state index >= 15 is 0 Å². The van der Waals surface area contributed by atoms with Crippen molar-refractivity contribution in [1.82, 2.24) is 14.7 Å². The van der Waals surface area contributed by atoms with Crippen LogP contribution in [0.1, 0.15) is 99.0 Å². The van der Waals surface area contributed by atoms with Crippen LogP contribution < -0.4 is 0 Å². The first kappa shape index (κ1) is 43.6. The SMILES string of the molecule is CC[C@@H](CC(=O)[C@H](C)[C@@H](OC)[C@@H]1CCCN1C(=O)C[C@@H](OC)[C@H]([C@@H](C)CC)N(C)C(=O)[C@@H](CC(=O)N1CCOC[C@H]1C)C(C)C)Cc1ccccc1. The van der Waals surface area contributed by atoms with Gasteiger partial charge in [0.1, 0.15) is 5.78 Å². The van der Waals surface area contributed by atoms with Gasteiger partial charge < -0.3 is 28.9 Å². The number of rotatable bonds is 20. The number of nitrogens with zero attached hydrogens (tertiary/aromatic N) is 3. The zero-order valence-corrected chi connectivity index (χ0v) is 33.8. The van der Waals surface area contributed by atoms with E-state index in [1.165, 1.54) is 5.56 Å². The zero-order chi connectivity index (χ0) is 38.5.